The summed E-state index contributed by atoms with van der Waals surface area (Å²) in [5.74, 6) is -1.21. The number of Topliss-reactive ketones (excluding diaryl/α,β-unsaturated/α-hetero) is 1. The van der Waals surface area contributed by atoms with E-state index in [1.807, 2.05) is 51.1 Å². The van der Waals surface area contributed by atoms with E-state index >= 15 is 0 Å². The van der Waals surface area contributed by atoms with E-state index in [1.165, 1.54) is 11.2 Å². The topological polar surface area (TPSA) is 70.8 Å². The number of rotatable bonds is 3. The quantitative estimate of drug-likeness (QED) is 0.397. The average Bonchev–Trinajstić information content (AvgIpc) is 3.32. The van der Waals surface area contributed by atoms with Gasteiger partial charge < -0.3 is 9.52 Å². The molecule has 0 aliphatic carbocycles. The summed E-state index contributed by atoms with van der Waals surface area (Å²) in [6, 6.07) is 15.3. The molecule has 4 rings (SSSR count). The molecule has 146 valence electrons. The zero-order valence-corrected chi connectivity index (χ0v) is 16.5. The Balaban J connectivity index is 1.95. The Kier molecular flexibility index (Phi) is 4.59. The van der Waals surface area contributed by atoms with Gasteiger partial charge in [-0.2, -0.15) is 0 Å². The molecule has 0 radical (unpaired) electrons. The lowest BCUT2D eigenvalue weighted by Gasteiger charge is -2.24. The second-order valence-electron chi connectivity index (χ2n) is 7.27. The summed E-state index contributed by atoms with van der Waals surface area (Å²) in [6.07, 6.45) is 1.49. The summed E-state index contributed by atoms with van der Waals surface area (Å²) in [6.45, 7) is 5.78. The molecule has 1 unspecified atom stereocenters. The van der Waals surface area contributed by atoms with E-state index in [-0.39, 0.29) is 11.3 Å². The minimum Gasteiger partial charge on any atom is -0.507 e. The number of anilines is 1. The Morgan fingerprint density at radius 1 is 0.931 bits per heavy atom. The number of carbonyl (C=O) groups excluding carboxylic acids is 2. The fourth-order valence-corrected chi connectivity index (χ4v) is 3.67. The number of para-hydroxylation sites is 1. The standard InChI is InChI=1S/C24H21NO4/c1-14-10-11-17(13-16(14)3)22(26)20-21(19-9-6-12-29-19)25(24(28)23(20)27)18-8-5-4-7-15(18)2/h4-13,21,26H,1-3H3/b22-20-. The fraction of sp³-hybridized carbons (Fsp3) is 0.167. The maximum Gasteiger partial charge on any atom is 0.300 e. The molecule has 1 fully saturated rings. The monoisotopic (exact) mass is 387 g/mol. The molecule has 3 aromatic rings. The summed E-state index contributed by atoms with van der Waals surface area (Å²) in [5.41, 5.74) is 4.03. The molecule has 0 saturated carbocycles. The van der Waals surface area contributed by atoms with Gasteiger partial charge >= 0.3 is 0 Å². The number of nitrogens with zero attached hydrogens (tertiary/aromatic N) is 1. The van der Waals surface area contributed by atoms with Crippen LogP contribution in [-0.4, -0.2) is 16.8 Å². The smallest absolute Gasteiger partial charge is 0.300 e. The molecule has 0 spiro atoms. The van der Waals surface area contributed by atoms with Crippen LogP contribution in [0.25, 0.3) is 5.76 Å². The predicted octanol–water partition coefficient (Wildman–Crippen LogP) is 4.83. The van der Waals surface area contributed by atoms with Gasteiger partial charge in [0.1, 0.15) is 17.6 Å². The van der Waals surface area contributed by atoms with Gasteiger partial charge in [0.25, 0.3) is 11.7 Å². The predicted molar refractivity (Wildman–Crippen MR) is 111 cm³/mol. The van der Waals surface area contributed by atoms with Crippen molar-refractivity contribution in [3.05, 3.63) is 94.4 Å². The lowest BCUT2D eigenvalue weighted by Crippen LogP contribution is -2.29. The van der Waals surface area contributed by atoms with Crippen LogP contribution in [0.4, 0.5) is 5.69 Å². The Hall–Kier alpha value is -3.60. The normalized spacial score (nSPS) is 18.4. The van der Waals surface area contributed by atoms with Crippen LogP contribution in [0.1, 0.15) is 34.1 Å². The summed E-state index contributed by atoms with van der Waals surface area (Å²) in [7, 11) is 0. The van der Waals surface area contributed by atoms with Gasteiger partial charge in [-0.1, -0.05) is 30.3 Å². The van der Waals surface area contributed by atoms with Crippen molar-refractivity contribution in [3.63, 3.8) is 0 Å². The molecule has 2 heterocycles. The van der Waals surface area contributed by atoms with Gasteiger partial charge in [-0.3, -0.25) is 14.5 Å². The molecule has 1 aromatic heterocycles. The van der Waals surface area contributed by atoms with Crippen LogP contribution in [0.5, 0.6) is 0 Å². The molecule has 5 nitrogen and oxygen atoms in total. The first-order valence-electron chi connectivity index (χ1n) is 9.38. The highest BCUT2D eigenvalue weighted by molar-refractivity contribution is 6.51. The number of hydrogen-bond acceptors (Lipinski definition) is 4. The molecular weight excluding hydrogens is 366 g/mol. The van der Waals surface area contributed by atoms with Crippen molar-refractivity contribution < 1.29 is 19.1 Å². The number of hydrogen-bond donors (Lipinski definition) is 1. The Bertz CT molecular complexity index is 1140. The van der Waals surface area contributed by atoms with Gasteiger partial charge in [0, 0.05) is 11.3 Å². The van der Waals surface area contributed by atoms with Crippen molar-refractivity contribution in [1.82, 2.24) is 0 Å². The molecular formula is C24H21NO4. The van der Waals surface area contributed by atoms with Crippen molar-refractivity contribution in [2.45, 2.75) is 26.8 Å². The van der Waals surface area contributed by atoms with Crippen LogP contribution in [0.3, 0.4) is 0 Å². The zero-order chi connectivity index (χ0) is 20.7. The molecule has 1 aliphatic heterocycles. The minimum absolute atomic E-state index is 0.0245. The first-order valence-corrected chi connectivity index (χ1v) is 9.38. The summed E-state index contributed by atoms with van der Waals surface area (Å²) < 4.78 is 5.57. The average molecular weight is 387 g/mol. The molecule has 1 amide bonds. The van der Waals surface area contributed by atoms with Crippen molar-refractivity contribution in [2.24, 2.45) is 0 Å². The van der Waals surface area contributed by atoms with Crippen LogP contribution < -0.4 is 4.90 Å². The van der Waals surface area contributed by atoms with E-state index in [4.69, 9.17) is 4.42 Å². The summed E-state index contributed by atoms with van der Waals surface area (Å²) in [4.78, 5) is 27.4. The minimum atomic E-state index is -0.840. The van der Waals surface area contributed by atoms with E-state index in [0.717, 1.165) is 16.7 Å². The number of benzene rings is 2. The number of carbonyl (C=O) groups is 2. The first-order chi connectivity index (χ1) is 13.9. The Labute approximate surface area is 168 Å². The lowest BCUT2D eigenvalue weighted by atomic mass is 9.97. The molecule has 2 aromatic carbocycles. The molecule has 29 heavy (non-hydrogen) atoms. The molecule has 1 aliphatic rings. The maximum atomic E-state index is 13.0. The lowest BCUT2D eigenvalue weighted by molar-refractivity contribution is -0.132. The number of aryl methyl sites for hydroxylation is 3. The number of aliphatic hydroxyl groups excluding tert-OH is 1. The molecule has 5 heteroatoms. The number of furan rings is 1. The zero-order valence-electron chi connectivity index (χ0n) is 16.5. The fourth-order valence-electron chi connectivity index (χ4n) is 3.67. The van der Waals surface area contributed by atoms with E-state index in [9.17, 15) is 14.7 Å². The van der Waals surface area contributed by atoms with Crippen molar-refractivity contribution in [1.29, 1.82) is 0 Å². The van der Waals surface area contributed by atoms with Crippen molar-refractivity contribution in [2.75, 3.05) is 4.90 Å². The third-order valence-corrected chi connectivity index (χ3v) is 5.41. The molecule has 1 N–H and O–H groups in total. The van der Waals surface area contributed by atoms with Gasteiger partial charge in [-0.05, 0) is 61.7 Å². The highest BCUT2D eigenvalue weighted by Crippen LogP contribution is 2.43. The van der Waals surface area contributed by atoms with Crippen molar-refractivity contribution >= 4 is 23.1 Å². The van der Waals surface area contributed by atoms with Crippen LogP contribution in [0.15, 0.2) is 70.9 Å². The summed E-state index contributed by atoms with van der Waals surface area (Å²) >= 11 is 0. The maximum absolute atomic E-state index is 13.0. The summed E-state index contributed by atoms with van der Waals surface area (Å²) in [5, 5.41) is 11.1. The van der Waals surface area contributed by atoms with E-state index in [0.29, 0.717) is 17.0 Å². The van der Waals surface area contributed by atoms with Gasteiger partial charge in [-0.25, -0.2) is 0 Å². The van der Waals surface area contributed by atoms with Crippen molar-refractivity contribution in [3.8, 4) is 0 Å². The van der Waals surface area contributed by atoms with Gasteiger partial charge in [0.15, 0.2) is 0 Å². The van der Waals surface area contributed by atoms with Crippen LogP contribution >= 0.6 is 0 Å². The number of ketones is 1. The Morgan fingerprint density at radius 3 is 2.34 bits per heavy atom. The molecule has 1 saturated heterocycles. The second kappa shape index (κ2) is 7.09. The van der Waals surface area contributed by atoms with E-state index in [1.54, 1.807) is 24.3 Å². The van der Waals surface area contributed by atoms with Gasteiger partial charge in [-0.15, -0.1) is 0 Å². The third kappa shape index (κ3) is 3.05. The van der Waals surface area contributed by atoms with Crippen LogP contribution in [0.2, 0.25) is 0 Å². The first kappa shape index (κ1) is 18.7. The van der Waals surface area contributed by atoms with Gasteiger partial charge in [0.2, 0.25) is 0 Å². The second-order valence-corrected chi connectivity index (χ2v) is 7.27. The molecule has 0 bridgehead atoms. The Morgan fingerprint density at radius 2 is 1.69 bits per heavy atom. The largest absolute Gasteiger partial charge is 0.507 e. The number of amides is 1. The van der Waals surface area contributed by atoms with E-state index < -0.39 is 17.7 Å². The molecule has 1 atom stereocenters. The highest BCUT2D eigenvalue weighted by Gasteiger charge is 2.48. The van der Waals surface area contributed by atoms with E-state index in [2.05, 4.69) is 0 Å². The van der Waals surface area contributed by atoms with Crippen LogP contribution in [-0.2, 0) is 9.59 Å². The van der Waals surface area contributed by atoms with Crippen LogP contribution in [0, 0.1) is 20.8 Å². The number of aliphatic hydroxyl groups is 1. The third-order valence-electron chi connectivity index (χ3n) is 5.41. The SMILES string of the molecule is Cc1ccc(/C(O)=C2/C(=O)C(=O)N(c3ccccc3C)C2c2ccco2)cc1C. The highest BCUT2D eigenvalue weighted by atomic mass is 16.3. The van der Waals surface area contributed by atoms with Gasteiger partial charge in [0.05, 0.1) is 11.8 Å².